The Morgan fingerprint density at radius 3 is 2.72 bits per heavy atom. The molecule has 1 aliphatic heterocycles. The minimum Gasteiger partial charge on any atom is -0.351 e. The van der Waals surface area contributed by atoms with E-state index in [-0.39, 0.29) is 11.4 Å². The Kier molecular flexibility index (Phi) is 4.73. The van der Waals surface area contributed by atoms with Gasteiger partial charge in [-0.05, 0) is 57.3 Å². The number of nitrogens with zero attached hydrogens (tertiary/aromatic N) is 4. The van der Waals surface area contributed by atoms with E-state index >= 15 is 0 Å². The van der Waals surface area contributed by atoms with Crippen LogP contribution in [0.4, 0.5) is 5.95 Å². The topological polar surface area (TPSA) is 84.7 Å². The van der Waals surface area contributed by atoms with Crippen LogP contribution in [0.25, 0.3) is 11.3 Å². The van der Waals surface area contributed by atoms with Gasteiger partial charge in [-0.2, -0.15) is 5.10 Å². The van der Waals surface area contributed by atoms with Gasteiger partial charge in [0.2, 0.25) is 11.9 Å². The first-order chi connectivity index (χ1) is 14.0. The number of anilines is 1. The maximum atomic E-state index is 11.6. The maximum absolute atomic E-state index is 11.6. The zero-order valence-electron chi connectivity index (χ0n) is 16.7. The number of hydrogen-bond donors (Lipinski definition) is 2. The number of rotatable bonds is 5. The van der Waals surface area contributed by atoms with E-state index in [1.165, 1.54) is 18.5 Å². The fourth-order valence-corrected chi connectivity index (χ4v) is 4.96. The normalized spacial score (nSPS) is 26.7. The predicted molar refractivity (Wildman–Crippen MR) is 112 cm³/mol. The van der Waals surface area contributed by atoms with E-state index < -0.39 is 0 Å². The summed E-state index contributed by atoms with van der Waals surface area (Å²) in [7, 11) is 1.98. The molecule has 0 aromatic carbocycles. The molecule has 154 valence electrons. The molecule has 8 heteroatoms. The van der Waals surface area contributed by atoms with Crippen molar-refractivity contribution in [2.75, 3.05) is 5.32 Å². The molecule has 2 aromatic heterocycles. The van der Waals surface area contributed by atoms with Gasteiger partial charge in [0.1, 0.15) is 0 Å². The molecule has 7 nitrogen and oxygen atoms in total. The number of hydrogen-bond acceptors (Lipinski definition) is 5. The molecule has 5 rings (SSSR count). The Bertz CT molecular complexity index is 929. The van der Waals surface area contributed by atoms with Crippen molar-refractivity contribution in [3.63, 3.8) is 0 Å². The van der Waals surface area contributed by atoms with Gasteiger partial charge in [-0.25, -0.2) is 9.97 Å². The molecule has 1 spiro atoms. The summed E-state index contributed by atoms with van der Waals surface area (Å²) in [6.07, 6.45) is 12.8. The molecule has 3 aliphatic rings. The number of aromatic nitrogens is 4. The summed E-state index contributed by atoms with van der Waals surface area (Å²) in [5, 5.41) is 11.7. The van der Waals surface area contributed by atoms with Crippen molar-refractivity contribution in [3.8, 4) is 11.3 Å². The Balaban J connectivity index is 1.31. The SMILES string of the molecule is Cn1ncc(-c2nc(NC3CCC4(CCC(=O)N4)CC3)ncc2Cl)c1CC1CC1. The van der Waals surface area contributed by atoms with Gasteiger partial charge in [-0.1, -0.05) is 11.6 Å². The van der Waals surface area contributed by atoms with Crippen LogP contribution >= 0.6 is 11.6 Å². The summed E-state index contributed by atoms with van der Waals surface area (Å²) < 4.78 is 1.94. The van der Waals surface area contributed by atoms with E-state index in [4.69, 9.17) is 16.6 Å². The number of carbonyl (C=O) groups is 1. The van der Waals surface area contributed by atoms with Crippen molar-refractivity contribution in [1.29, 1.82) is 0 Å². The van der Waals surface area contributed by atoms with E-state index in [2.05, 4.69) is 20.7 Å². The monoisotopic (exact) mass is 414 g/mol. The van der Waals surface area contributed by atoms with Crippen LogP contribution in [0.1, 0.15) is 57.1 Å². The second-order valence-electron chi connectivity index (χ2n) is 8.91. The van der Waals surface area contributed by atoms with Crippen molar-refractivity contribution in [2.45, 2.75) is 69.4 Å². The van der Waals surface area contributed by atoms with Crippen LogP contribution in [0.15, 0.2) is 12.4 Å². The van der Waals surface area contributed by atoms with E-state index in [1.807, 2.05) is 17.9 Å². The van der Waals surface area contributed by atoms with Crippen LogP contribution in [0.5, 0.6) is 0 Å². The molecule has 1 saturated heterocycles. The molecule has 0 atom stereocenters. The summed E-state index contributed by atoms with van der Waals surface area (Å²) >= 11 is 6.47. The van der Waals surface area contributed by atoms with Crippen LogP contribution in [0.2, 0.25) is 5.02 Å². The van der Waals surface area contributed by atoms with Crippen LogP contribution < -0.4 is 10.6 Å². The maximum Gasteiger partial charge on any atom is 0.223 e. The fourth-order valence-electron chi connectivity index (χ4n) is 4.77. The quantitative estimate of drug-likeness (QED) is 0.782. The molecule has 0 unspecified atom stereocenters. The summed E-state index contributed by atoms with van der Waals surface area (Å²) in [6, 6.07) is 0.312. The highest BCUT2D eigenvalue weighted by atomic mass is 35.5. The fraction of sp³-hybridized carbons (Fsp3) is 0.619. The molecular formula is C21H27ClN6O. The molecule has 2 aliphatic carbocycles. The van der Waals surface area contributed by atoms with Gasteiger partial charge >= 0.3 is 0 Å². The van der Waals surface area contributed by atoms with E-state index in [1.54, 1.807) is 6.20 Å². The summed E-state index contributed by atoms with van der Waals surface area (Å²) in [6.45, 7) is 0. The van der Waals surface area contributed by atoms with Crippen molar-refractivity contribution in [1.82, 2.24) is 25.1 Å². The minimum atomic E-state index is 0.0225. The lowest BCUT2D eigenvalue weighted by molar-refractivity contribution is -0.120. The van der Waals surface area contributed by atoms with Crippen molar-refractivity contribution in [2.24, 2.45) is 13.0 Å². The lowest BCUT2D eigenvalue weighted by Gasteiger charge is -2.37. The van der Waals surface area contributed by atoms with E-state index in [9.17, 15) is 4.79 Å². The third-order valence-electron chi connectivity index (χ3n) is 6.75. The molecule has 0 bridgehead atoms. The molecule has 2 aromatic rings. The van der Waals surface area contributed by atoms with Gasteiger partial charge in [0.15, 0.2) is 0 Å². The molecule has 3 fully saturated rings. The van der Waals surface area contributed by atoms with Crippen molar-refractivity contribution >= 4 is 23.5 Å². The van der Waals surface area contributed by atoms with Crippen LogP contribution in [-0.2, 0) is 18.3 Å². The van der Waals surface area contributed by atoms with Gasteiger partial charge in [0.25, 0.3) is 0 Å². The largest absolute Gasteiger partial charge is 0.351 e. The Hall–Kier alpha value is -2.15. The van der Waals surface area contributed by atoms with Gasteiger partial charge in [0, 0.05) is 36.3 Å². The molecule has 3 heterocycles. The van der Waals surface area contributed by atoms with E-state index in [0.717, 1.165) is 55.7 Å². The lowest BCUT2D eigenvalue weighted by Crippen LogP contribution is -2.46. The summed E-state index contributed by atoms with van der Waals surface area (Å²) in [4.78, 5) is 20.8. The highest BCUT2D eigenvalue weighted by Crippen LogP contribution is 2.38. The molecule has 29 heavy (non-hydrogen) atoms. The standard InChI is InChI=1S/C21H27ClN6O/c1-28-17(10-13-2-3-13)15(11-24-28)19-16(22)12-23-20(26-19)25-14-4-7-21(8-5-14)9-6-18(29)27-21/h11-14H,2-10H2,1H3,(H,27,29)(H,23,25,26). The molecule has 2 N–H and O–H groups in total. The zero-order valence-corrected chi connectivity index (χ0v) is 17.5. The third kappa shape index (κ3) is 3.84. The molecular weight excluding hydrogens is 388 g/mol. The smallest absolute Gasteiger partial charge is 0.223 e. The van der Waals surface area contributed by atoms with Gasteiger partial charge < -0.3 is 10.6 Å². The summed E-state index contributed by atoms with van der Waals surface area (Å²) in [5.74, 6) is 1.57. The second-order valence-corrected chi connectivity index (χ2v) is 9.32. The predicted octanol–water partition coefficient (Wildman–Crippen LogP) is 3.49. The summed E-state index contributed by atoms with van der Waals surface area (Å²) in [5.41, 5.74) is 2.97. The van der Waals surface area contributed by atoms with Crippen molar-refractivity contribution < 1.29 is 4.79 Å². The minimum absolute atomic E-state index is 0.0225. The van der Waals surface area contributed by atoms with Crippen LogP contribution in [0, 0.1) is 5.92 Å². The zero-order chi connectivity index (χ0) is 20.0. The Labute approximate surface area is 175 Å². The molecule has 2 saturated carbocycles. The molecule has 1 amide bonds. The Morgan fingerprint density at radius 2 is 2.03 bits per heavy atom. The Morgan fingerprint density at radius 1 is 1.24 bits per heavy atom. The van der Waals surface area contributed by atoms with Gasteiger partial charge in [-0.3, -0.25) is 9.48 Å². The van der Waals surface area contributed by atoms with Crippen LogP contribution in [-0.4, -0.2) is 37.2 Å². The average Bonchev–Trinajstić information content (AvgIpc) is 3.36. The first-order valence-corrected chi connectivity index (χ1v) is 11.0. The first-order valence-electron chi connectivity index (χ1n) is 10.6. The number of halogens is 1. The number of nitrogens with one attached hydrogen (secondary N) is 2. The average molecular weight is 415 g/mol. The van der Waals surface area contributed by atoms with Crippen LogP contribution in [0.3, 0.4) is 0 Å². The lowest BCUT2D eigenvalue weighted by atomic mass is 9.78. The number of carbonyl (C=O) groups excluding carboxylic acids is 1. The van der Waals surface area contributed by atoms with E-state index in [0.29, 0.717) is 23.4 Å². The van der Waals surface area contributed by atoms with Crippen molar-refractivity contribution in [3.05, 3.63) is 23.1 Å². The first kappa shape index (κ1) is 18.9. The molecule has 0 radical (unpaired) electrons. The van der Waals surface area contributed by atoms with Gasteiger partial charge in [0.05, 0.1) is 23.1 Å². The number of amides is 1. The highest BCUT2D eigenvalue weighted by Gasteiger charge is 2.40. The third-order valence-corrected chi connectivity index (χ3v) is 7.03. The second kappa shape index (κ2) is 7.27. The van der Waals surface area contributed by atoms with Gasteiger partial charge in [-0.15, -0.1) is 0 Å². The number of aryl methyl sites for hydroxylation is 1. The highest BCUT2D eigenvalue weighted by molar-refractivity contribution is 6.32.